The fraction of sp³-hybridized carbons (Fsp3) is 0.167. The van der Waals surface area contributed by atoms with E-state index in [0.29, 0.717) is 11.7 Å². The smallest absolute Gasteiger partial charge is 0.224 e. The molecule has 0 amide bonds. The van der Waals surface area contributed by atoms with Crippen molar-refractivity contribution in [3.63, 3.8) is 0 Å². The summed E-state index contributed by atoms with van der Waals surface area (Å²) in [5.41, 5.74) is 7.95. The lowest BCUT2D eigenvalue weighted by atomic mass is 10.1. The average molecular weight is 215 g/mol. The zero-order valence-corrected chi connectivity index (χ0v) is 9.27. The molecule has 16 heavy (non-hydrogen) atoms. The third kappa shape index (κ3) is 2.28. The van der Waals surface area contributed by atoms with Crippen molar-refractivity contribution in [2.24, 2.45) is 0 Å². The quantitative estimate of drug-likeness (QED) is 0.835. The highest BCUT2D eigenvalue weighted by atomic mass is 16.5. The van der Waals surface area contributed by atoms with Crippen LogP contribution in [-0.4, -0.2) is 9.97 Å². The normalized spacial score (nSPS) is 10.1. The van der Waals surface area contributed by atoms with Crippen molar-refractivity contribution in [2.75, 3.05) is 5.73 Å². The molecule has 0 aliphatic heterocycles. The van der Waals surface area contributed by atoms with E-state index in [9.17, 15) is 0 Å². The van der Waals surface area contributed by atoms with Crippen LogP contribution in [0.4, 0.5) is 5.82 Å². The summed E-state index contributed by atoms with van der Waals surface area (Å²) in [6.45, 7) is 4.10. The maximum atomic E-state index is 5.56. The summed E-state index contributed by atoms with van der Waals surface area (Å²) >= 11 is 0. The Morgan fingerprint density at radius 3 is 2.56 bits per heavy atom. The van der Waals surface area contributed by atoms with Crippen LogP contribution in [0.25, 0.3) is 0 Å². The number of anilines is 1. The highest BCUT2D eigenvalue weighted by Gasteiger charge is 2.01. The molecule has 0 bridgehead atoms. The van der Waals surface area contributed by atoms with Gasteiger partial charge in [-0.05, 0) is 37.1 Å². The monoisotopic (exact) mass is 215 g/mol. The number of aryl methyl sites for hydroxylation is 2. The highest BCUT2D eigenvalue weighted by Crippen LogP contribution is 2.22. The first-order valence-electron chi connectivity index (χ1n) is 4.98. The third-order valence-electron chi connectivity index (χ3n) is 2.36. The van der Waals surface area contributed by atoms with Gasteiger partial charge in [0.25, 0.3) is 0 Å². The first kappa shape index (κ1) is 10.4. The molecule has 0 saturated carbocycles. The van der Waals surface area contributed by atoms with Gasteiger partial charge in [-0.1, -0.05) is 6.07 Å². The number of ether oxygens (including phenoxy) is 1. The van der Waals surface area contributed by atoms with Crippen molar-refractivity contribution >= 4 is 5.82 Å². The predicted octanol–water partition coefficient (Wildman–Crippen LogP) is 2.47. The SMILES string of the molecule is Cc1ccc(Oc2cc(N)ncn2)cc1C. The van der Waals surface area contributed by atoms with Crippen molar-refractivity contribution in [2.45, 2.75) is 13.8 Å². The van der Waals surface area contributed by atoms with E-state index in [4.69, 9.17) is 10.5 Å². The van der Waals surface area contributed by atoms with E-state index in [1.54, 1.807) is 6.07 Å². The molecule has 0 aliphatic carbocycles. The van der Waals surface area contributed by atoms with Crippen LogP contribution in [-0.2, 0) is 0 Å². The first-order chi connectivity index (χ1) is 7.65. The fourth-order valence-electron chi connectivity index (χ4n) is 1.31. The van der Waals surface area contributed by atoms with Crippen molar-refractivity contribution in [3.05, 3.63) is 41.7 Å². The van der Waals surface area contributed by atoms with Gasteiger partial charge in [-0.2, -0.15) is 0 Å². The molecule has 1 heterocycles. The Bertz CT molecular complexity index is 511. The topological polar surface area (TPSA) is 61.0 Å². The molecule has 2 aromatic rings. The minimum atomic E-state index is 0.397. The Hall–Kier alpha value is -2.10. The minimum absolute atomic E-state index is 0.397. The van der Waals surface area contributed by atoms with E-state index < -0.39 is 0 Å². The average Bonchev–Trinajstić information content (AvgIpc) is 2.24. The molecule has 0 radical (unpaired) electrons. The molecule has 4 nitrogen and oxygen atoms in total. The van der Waals surface area contributed by atoms with Crippen LogP contribution >= 0.6 is 0 Å². The van der Waals surface area contributed by atoms with Gasteiger partial charge in [0, 0.05) is 6.07 Å². The van der Waals surface area contributed by atoms with Crippen LogP contribution < -0.4 is 10.5 Å². The molecule has 0 spiro atoms. The van der Waals surface area contributed by atoms with Gasteiger partial charge in [-0.25, -0.2) is 9.97 Å². The molecular weight excluding hydrogens is 202 g/mol. The predicted molar refractivity (Wildman–Crippen MR) is 62.4 cm³/mol. The second-order valence-corrected chi connectivity index (χ2v) is 3.63. The molecule has 0 atom stereocenters. The zero-order chi connectivity index (χ0) is 11.5. The standard InChI is InChI=1S/C12H13N3O/c1-8-3-4-10(5-9(8)2)16-12-6-11(13)14-7-15-12/h3-7H,1-2H3,(H2,13,14,15). The number of rotatable bonds is 2. The summed E-state index contributed by atoms with van der Waals surface area (Å²) in [7, 11) is 0. The van der Waals surface area contributed by atoms with Crippen LogP contribution in [0.15, 0.2) is 30.6 Å². The summed E-state index contributed by atoms with van der Waals surface area (Å²) in [5.74, 6) is 1.60. The Balaban J connectivity index is 2.24. The molecular formula is C12H13N3O. The van der Waals surface area contributed by atoms with Crippen molar-refractivity contribution < 1.29 is 4.74 Å². The van der Waals surface area contributed by atoms with Crippen LogP contribution in [0.2, 0.25) is 0 Å². The molecule has 2 N–H and O–H groups in total. The number of hydrogen-bond acceptors (Lipinski definition) is 4. The molecule has 82 valence electrons. The molecule has 0 fully saturated rings. The summed E-state index contributed by atoms with van der Waals surface area (Å²) in [6.07, 6.45) is 1.38. The van der Waals surface area contributed by atoms with Gasteiger partial charge in [-0.3, -0.25) is 0 Å². The van der Waals surface area contributed by atoms with E-state index in [0.717, 1.165) is 5.75 Å². The van der Waals surface area contributed by atoms with Gasteiger partial charge in [0.1, 0.15) is 17.9 Å². The van der Waals surface area contributed by atoms with Crippen molar-refractivity contribution in [1.29, 1.82) is 0 Å². The minimum Gasteiger partial charge on any atom is -0.439 e. The number of nitrogens with zero attached hydrogens (tertiary/aromatic N) is 2. The van der Waals surface area contributed by atoms with E-state index in [-0.39, 0.29) is 0 Å². The number of benzene rings is 1. The van der Waals surface area contributed by atoms with Crippen LogP contribution in [0.1, 0.15) is 11.1 Å². The van der Waals surface area contributed by atoms with E-state index in [1.165, 1.54) is 17.5 Å². The number of nitrogens with two attached hydrogens (primary N) is 1. The Labute approximate surface area is 94.1 Å². The number of hydrogen-bond donors (Lipinski definition) is 1. The van der Waals surface area contributed by atoms with Crippen molar-refractivity contribution in [1.82, 2.24) is 9.97 Å². The van der Waals surface area contributed by atoms with Gasteiger partial charge in [-0.15, -0.1) is 0 Å². The lowest BCUT2D eigenvalue weighted by Gasteiger charge is -2.06. The largest absolute Gasteiger partial charge is 0.439 e. The van der Waals surface area contributed by atoms with Crippen LogP contribution in [0.5, 0.6) is 11.6 Å². The second kappa shape index (κ2) is 4.18. The van der Waals surface area contributed by atoms with Gasteiger partial charge in [0.2, 0.25) is 5.88 Å². The maximum absolute atomic E-state index is 5.56. The van der Waals surface area contributed by atoms with Gasteiger partial charge in [0.15, 0.2) is 0 Å². The number of nitrogen functional groups attached to an aromatic ring is 1. The van der Waals surface area contributed by atoms with Crippen LogP contribution in [0.3, 0.4) is 0 Å². The van der Waals surface area contributed by atoms with Gasteiger partial charge in [0.05, 0.1) is 0 Å². The number of aromatic nitrogens is 2. The summed E-state index contributed by atoms with van der Waals surface area (Å²) in [5, 5.41) is 0. The van der Waals surface area contributed by atoms with Gasteiger partial charge < -0.3 is 10.5 Å². The molecule has 0 unspecified atom stereocenters. The molecule has 1 aromatic heterocycles. The zero-order valence-electron chi connectivity index (χ0n) is 9.27. The van der Waals surface area contributed by atoms with E-state index in [1.807, 2.05) is 25.1 Å². The molecule has 0 saturated heterocycles. The molecule has 1 aromatic carbocycles. The Morgan fingerprint density at radius 2 is 1.88 bits per heavy atom. The van der Waals surface area contributed by atoms with Crippen molar-refractivity contribution in [3.8, 4) is 11.6 Å². The molecule has 4 heteroatoms. The van der Waals surface area contributed by atoms with Crippen LogP contribution in [0, 0.1) is 13.8 Å². The Kier molecular flexibility index (Phi) is 2.72. The highest BCUT2D eigenvalue weighted by molar-refractivity contribution is 5.38. The summed E-state index contributed by atoms with van der Waals surface area (Å²) in [6, 6.07) is 7.47. The fourth-order valence-corrected chi connectivity index (χ4v) is 1.31. The van der Waals surface area contributed by atoms with E-state index >= 15 is 0 Å². The molecule has 0 aliphatic rings. The summed E-state index contributed by atoms with van der Waals surface area (Å²) < 4.78 is 5.56. The second-order valence-electron chi connectivity index (χ2n) is 3.63. The lowest BCUT2D eigenvalue weighted by molar-refractivity contribution is 0.461. The van der Waals surface area contributed by atoms with Gasteiger partial charge >= 0.3 is 0 Å². The Morgan fingerprint density at radius 1 is 1.06 bits per heavy atom. The third-order valence-corrected chi connectivity index (χ3v) is 2.36. The van der Waals surface area contributed by atoms with E-state index in [2.05, 4.69) is 16.9 Å². The summed E-state index contributed by atoms with van der Waals surface area (Å²) in [4.78, 5) is 7.77. The maximum Gasteiger partial charge on any atom is 0.224 e. The lowest BCUT2D eigenvalue weighted by Crippen LogP contribution is -1.94. The molecule has 2 rings (SSSR count). The first-order valence-corrected chi connectivity index (χ1v) is 4.98.